The number of benzene rings is 1. The van der Waals surface area contributed by atoms with Crippen molar-refractivity contribution >= 4 is 11.8 Å². The van der Waals surface area contributed by atoms with Crippen LogP contribution in [0.3, 0.4) is 0 Å². The van der Waals surface area contributed by atoms with Crippen LogP contribution in [0.25, 0.3) is 0 Å². The average Bonchev–Trinajstić information content (AvgIpc) is 2.07. The predicted molar refractivity (Wildman–Crippen MR) is 57.1 cm³/mol. The van der Waals surface area contributed by atoms with E-state index >= 15 is 0 Å². The van der Waals surface area contributed by atoms with Crippen LogP contribution in [0.15, 0.2) is 12.1 Å². The molecule has 0 aromatic heterocycles. The number of aryl methyl sites for hydroxylation is 1. The Labute approximate surface area is 91.8 Å². The van der Waals surface area contributed by atoms with Crippen LogP contribution in [-0.2, 0) is 9.48 Å². The highest BCUT2D eigenvalue weighted by atomic mass is 32.2. The highest BCUT2D eigenvalue weighted by Gasteiger charge is 2.43. The Balaban J connectivity index is 2.52. The van der Waals surface area contributed by atoms with E-state index in [-0.39, 0.29) is 5.56 Å². The lowest BCUT2D eigenvalue weighted by Crippen LogP contribution is -2.45. The summed E-state index contributed by atoms with van der Waals surface area (Å²) in [5.74, 6) is -0.935. The van der Waals surface area contributed by atoms with E-state index < -0.39 is 16.4 Å². The molecule has 0 radical (unpaired) electrons. The van der Waals surface area contributed by atoms with Crippen LogP contribution in [0, 0.1) is 18.6 Å². The fourth-order valence-electron chi connectivity index (χ4n) is 1.79. The molecule has 1 aliphatic rings. The number of halogens is 2. The number of thioether (sulfide) groups is 1. The molecule has 4 heteroatoms. The molecule has 0 amide bonds. The molecule has 1 heterocycles. The average molecular weight is 230 g/mol. The van der Waals surface area contributed by atoms with Crippen LogP contribution in [0.5, 0.6) is 0 Å². The van der Waals surface area contributed by atoms with E-state index in [4.69, 9.17) is 4.74 Å². The molecule has 1 aromatic carbocycles. The summed E-state index contributed by atoms with van der Waals surface area (Å²) in [6, 6.07) is 2.74. The zero-order chi connectivity index (χ0) is 11.1. The van der Waals surface area contributed by atoms with E-state index in [1.807, 2.05) is 6.26 Å². The van der Waals surface area contributed by atoms with Gasteiger partial charge in [0.05, 0.1) is 18.0 Å². The van der Waals surface area contributed by atoms with E-state index in [2.05, 4.69) is 0 Å². The Morgan fingerprint density at radius 1 is 1.27 bits per heavy atom. The Morgan fingerprint density at radius 3 is 2.13 bits per heavy atom. The lowest BCUT2D eigenvalue weighted by Gasteiger charge is -2.40. The third-order valence-electron chi connectivity index (χ3n) is 2.70. The minimum atomic E-state index is -0.526. The number of rotatable bonds is 2. The van der Waals surface area contributed by atoms with E-state index in [0.717, 1.165) is 0 Å². The van der Waals surface area contributed by atoms with Gasteiger partial charge in [0, 0.05) is 5.56 Å². The lowest BCUT2D eigenvalue weighted by atomic mass is 9.94. The second-order valence-corrected chi connectivity index (χ2v) is 4.98. The maximum Gasteiger partial charge on any atom is 0.131 e. The molecule has 0 spiro atoms. The van der Waals surface area contributed by atoms with Gasteiger partial charge in [-0.25, -0.2) is 8.78 Å². The Hall–Kier alpha value is -0.610. The van der Waals surface area contributed by atoms with Gasteiger partial charge in [-0.2, -0.15) is 0 Å². The third kappa shape index (κ3) is 1.66. The number of hydrogen-bond donors (Lipinski definition) is 0. The summed E-state index contributed by atoms with van der Waals surface area (Å²) in [7, 11) is 0. The Kier molecular flexibility index (Phi) is 2.73. The van der Waals surface area contributed by atoms with Gasteiger partial charge in [0.25, 0.3) is 0 Å². The maximum absolute atomic E-state index is 13.7. The van der Waals surface area contributed by atoms with Gasteiger partial charge in [0.1, 0.15) is 11.6 Å². The molecule has 1 aromatic rings. The summed E-state index contributed by atoms with van der Waals surface area (Å²) >= 11 is 1.44. The van der Waals surface area contributed by atoms with Crippen LogP contribution in [-0.4, -0.2) is 19.5 Å². The number of ether oxygens (including phenoxy) is 1. The van der Waals surface area contributed by atoms with Gasteiger partial charge in [-0.15, -0.1) is 11.8 Å². The molecule has 1 nitrogen and oxygen atoms in total. The molecule has 0 aliphatic carbocycles. The topological polar surface area (TPSA) is 9.23 Å². The summed E-state index contributed by atoms with van der Waals surface area (Å²) in [6.07, 6.45) is 1.85. The first kappa shape index (κ1) is 10.9. The van der Waals surface area contributed by atoms with Gasteiger partial charge in [0.2, 0.25) is 0 Å². The van der Waals surface area contributed by atoms with Gasteiger partial charge in [-0.1, -0.05) is 0 Å². The van der Waals surface area contributed by atoms with Crippen molar-refractivity contribution in [2.45, 2.75) is 11.7 Å². The van der Waals surface area contributed by atoms with Crippen LogP contribution >= 0.6 is 11.8 Å². The standard InChI is InChI=1S/C11H12F2OS/c1-7-3-8(12)10(9(13)4-7)11(15-2)5-14-6-11/h3-4H,5-6H2,1-2H3. The lowest BCUT2D eigenvalue weighted by molar-refractivity contribution is -0.0136. The quantitative estimate of drug-likeness (QED) is 0.772. The molecular weight excluding hydrogens is 218 g/mol. The van der Waals surface area contributed by atoms with Crippen molar-refractivity contribution in [1.29, 1.82) is 0 Å². The largest absolute Gasteiger partial charge is 0.378 e. The van der Waals surface area contributed by atoms with Crippen LogP contribution in [0.2, 0.25) is 0 Å². The number of hydrogen-bond acceptors (Lipinski definition) is 2. The minimum Gasteiger partial charge on any atom is -0.378 e. The molecule has 0 unspecified atom stereocenters. The summed E-state index contributed by atoms with van der Waals surface area (Å²) in [5.41, 5.74) is 0.761. The van der Waals surface area contributed by atoms with Crippen LogP contribution in [0.4, 0.5) is 8.78 Å². The minimum absolute atomic E-state index is 0.159. The van der Waals surface area contributed by atoms with E-state index in [1.54, 1.807) is 6.92 Å². The third-order valence-corrected chi connectivity index (χ3v) is 3.92. The smallest absolute Gasteiger partial charge is 0.131 e. The summed E-state index contributed by atoms with van der Waals surface area (Å²) < 4.78 is 32.0. The zero-order valence-electron chi connectivity index (χ0n) is 8.64. The summed E-state index contributed by atoms with van der Waals surface area (Å²) in [5, 5.41) is 0. The van der Waals surface area contributed by atoms with E-state index in [1.165, 1.54) is 23.9 Å². The van der Waals surface area contributed by atoms with Crippen molar-refractivity contribution in [3.8, 4) is 0 Å². The first-order valence-corrected chi connectivity index (χ1v) is 5.90. The molecule has 0 saturated carbocycles. The molecular formula is C11H12F2OS. The van der Waals surface area contributed by atoms with Crippen molar-refractivity contribution in [1.82, 2.24) is 0 Å². The molecule has 1 saturated heterocycles. The second-order valence-electron chi connectivity index (χ2n) is 3.79. The van der Waals surface area contributed by atoms with Crippen LogP contribution < -0.4 is 0 Å². The Morgan fingerprint density at radius 2 is 1.80 bits per heavy atom. The molecule has 1 aliphatic heterocycles. The molecule has 0 bridgehead atoms. The molecule has 82 valence electrons. The van der Waals surface area contributed by atoms with E-state index in [9.17, 15) is 8.78 Å². The fourth-order valence-corrected chi connectivity index (χ4v) is 2.59. The van der Waals surface area contributed by atoms with Crippen molar-refractivity contribution in [2.75, 3.05) is 19.5 Å². The molecule has 0 N–H and O–H groups in total. The van der Waals surface area contributed by atoms with Crippen molar-refractivity contribution in [2.24, 2.45) is 0 Å². The first-order valence-electron chi connectivity index (χ1n) is 4.68. The van der Waals surface area contributed by atoms with Gasteiger partial charge in [-0.05, 0) is 30.9 Å². The molecule has 15 heavy (non-hydrogen) atoms. The first-order chi connectivity index (χ1) is 7.09. The van der Waals surface area contributed by atoms with Gasteiger partial charge in [-0.3, -0.25) is 0 Å². The summed E-state index contributed by atoms with van der Waals surface area (Å²) in [4.78, 5) is 0. The van der Waals surface area contributed by atoms with E-state index in [0.29, 0.717) is 18.8 Å². The molecule has 1 fully saturated rings. The molecule has 0 atom stereocenters. The van der Waals surface area contributed by atoms with Gasteiger partial charge >= 0.3 is 0 Å². The highest BCUT2D eigenvalue weighted by Crippen LogP contribution is 2.43. The predicted octanol–water partition coefficient (Wildman–Crippen LogP) is 2.86. The van der Waals surface area contributed by atoms with Gasteiger partial charge < -0.3 is 4.74 Å². The highest BCUT2D eigenvalue weighted by molar-refractivity contribution is 7.99. The monoisotopic (exact) mass is 230 g/mol. The second kappa shape index (κ2) is 3.76. The zero-order valence-corrected chi connectivity index (χ0v) is 9.46. The maximum atomic E-state index is 13.7. The summed E-state index contributed by atoms with van der Waals surface area (Å²) in [6.45, 7) is 2.44. The van der Waals surface area contributed by atoms with Crippen molar-refractivity contribution in [3.63, 3.8) is 0 Å². The van der Waals surface area contributed by atoms with Crippen molar-refractivity contribution in [3.05, 3.63) is 34.9 Å². The SMILES string of the molecule is CSC1(c2c(F)cc(C)cc2F)COC1. The molecule has 2 rings (SSSR count). The van der Waals surface area contributed by atoms with Crippen LogP contribution in [0.1, 0.15) is 11.1 Å². The van der Waals surface area contributed by atoms with Crippen molar-refractivity contribution < 1.29 is 13.5 Å². The van der Waals surface area contributed by atoms with Gasteiger partial charge in [0.15, 0.2) is 0 Å². The fraction of sp³-hybridized carbons (Fsp3) is 0.455. The normalized spacial score (nSPS) is 18.7. The Bertz CT molecular complexity index is 360.